The van der Waals surface area contributed by atoms with Gasteiger partial charge in [-0.25, -0.2) is 13.8 Å². The van der Waals surface area contributed by atoms with Gasteiger partial charge in [0.1, 0.15) is 12.2 Å². The summed E-state index contributed by atoms with van der Waals surface area (Å²) in [6.45, 7) is 0.191. The van der Waals surface area contributed by atoms with Gasteiger partial charge in [-0.2, -0.15) is 35.1 Å². The summed E-state index contributed by atoms with van der Waals surface area (Å²) in [4.78, 5) is 32.4. The Balaban J connectivity index is 1.92. The van der Waals surface area contributed by atoms with Gasteiger partial charge >= 0.3 is 18.3 Å². The lowest BCUT2D eigenvalue weighted by Gasteiger charge is -2.33. The second-order valence-corrected chi connectivity index (χ2v) is 9.32. The van der Waals surface area contributed by atoms with Crippen LogP contribution in [-0.2, 0) is 21.4 Å². The van der Waals surface area contributed by atoms with Crippen molar-refractivity contribution in [2.75, 3.05) is 13.1 Å². The molecule has 0 unspecified atom stereocenters. The van der Waals surface area contributed by atoms with Crippen molar-refractivity contribution < 1.29 is 58.3 Å². The molecule has 0 aliphatic carbocycles. The van der Waals surface area contributed by atoms with Gasteiger partial charge in [0.05, 0.1) is 23.5 Å². The number of nitrogens with one attached hydrogen (secondary N) is 2. The van der Waals surface area contributed by atoms with Gasteiger partial charge in [0.2, 0.25) is 5.91 Å². The number of carbonyl (C=O) groups excluding carboxylic acids is 2. The molecule has 0 saturated carbocycles. The maximum absolute atomic E-state index is 15.5. The molecule has 0 saturated heterocycles. The van der Waals surface area contributed by atoms with E-state index in [1.165, 1.54) is 32.0 Å². The lowest BCUT2D eigenvalue weighted by Crippen LogP contribution is -2.45. The third-order valence-electron chi connectivity index (χ3n) is 6.15. The molecule has 0 radical (unpaired) electrons. The monoisotopic (exact) mass is 628 g/mol. The minimum absolute atomic E-state index is 0.0411. The molecule has 0 spiro atoms. The molecule has 2 N–H and O–H groups in total. The fraction of sp³-hybridized carbons (Fsp3) is 0.385. The van der Waals surface area contributed by atoms with E-state index < -0.39 is 78.6 Å². The first-order valence-corrected chi connectivity index (χ1v) is 12.2. The Hall–Kier alpha value is -4.18. The van der Waals surface area contributed by atoms with Crippen molar-refractivity contribution in [2.45, 2.75) is 50.6 Å². The van der Waals surface area contributed by atoms with Crippen molar-refractivity contribution in [3.63, 3.8) is 0 Å². The van der Waals surface area contributed by atoms with Crippen LogP contribution in [0.25, 0.3) is 0 Å². The maximum Gasteiger partial charge on any atom is 0.416 e. The fourth-order valence-corrected chi connectivity index (χ4v) is 4.07. The number of rotatable bonds is 9. The molecule has 17 heteroatoms. The van der Waals surface area contributed by atoms with Gasteiger partial charge < -0.3 is 15.5 Å². The zero-order valence-corrected chi connectivity index (χ0v) is 22.1. The lowest BCUT2D eigenvalue weighted by molar-refractivity contribution is -0.179. The van der Waals surface area contributed by atoms with Crippen LogP contribution in [0.4, 0.5) is 43.9 Å². The van der Waals surface area contributed by atoms with Crippen molar-refractivity contribution in [1.29, 1.82) is 0 Å². The third-order valence-corrected chi connectivity index (χ3v) is 6.15. The number of aromatic nitrogens is 1. The van der Waals surface area contributed by atoms with Crippen molar-refractivity contribution >= 4 is 17.5 Å². The average Bonchev–Trinajstić information content (AvgIpc) is 3.37. The first-order chi connectivity index (χ1) is 19.8. The van der Waals surface area contributed by atoms with Crippen LogP contribution in [0.15, 0.2) is 47.6 Å². The Morgan fingerprint density at radius 3 is 2.28 bits per heavy atom. The summed E-state index contributed by atoms with van der Waals surface area (Å²) >= 11 is 0. The standard InChI is InChI=1S/C26H22F10N4O3/c1-3-6-24(29,30)23(19-9-15(26(34,35)36)8-17(39-19)21(27)28)10-18(40-43-23)14-4-5-16(13(2)7-14)22(42)37-11-20(41)38-12-25(31,32)33/h3-9,21H,10-12H2,1-2H3,(H,37,42)(H,38,41)/b6-3+/t23-/m0/s1. The van der Waals surface area contributed by atoms with E-state index in [0.29, 0.717) is 6.08 Å². The molecule has 43 heavy (non-hydrogen) atoms. The molecule has 0 bridgehead atoms. The van der Waals surface area contributed by atoms with E-state index in [0.717, 1.165) is 6.08 Å². The quantitative estimate of drug-likeness (QED) is 0.264. The summed E-state index contributed by atoms with van der Waals surface area (Å²) in [6, 6.07) is 3.89. The summed E-state index contributed by atoms with van der Waals surface area (Å²) in [5.74, 6) is -6.09. The number of pyridine rings is 1. The molecule has 1 atom stereocenters. The Morgan fingerprint density at radius 2 is 1.72 bits per heavy atom. The summed E-state index contributed by atoms with van der Waals surface area (Å²) in [7, 11) is 0. The molecule has 0 fully saturated rings. The largest absolute Gasteiger partial charge is 0.416 e. The van der Waals surface area contributed by atoms with Crippen LogP contribution in [0.1, 0.15) is 58.2 Å². The fourth-order valence-electron chi connectivity index (χ4n) is 4.07. The van der Waals surface area contributed by atoms with Gasteiger partial charge in [-0.3, -0.25) is 9.59 Å². The molecule has 3 rings (SSSR count). The van der Waals surface area contributed by atoms with Crippen molar-refractivity contribution in [1.82, 2.24) is 15.6 Å². The van der Waals surface area contributed by atoms with Crippen LogP contribution < -0.4 is 10.6 Å². The lowest BCUT2D eigenvalue weighted by atomic mass is 9.83. The zero-order chi connectivity index (χ0) is 32.4. The number of alkyl halides is 10. The number of amides is 2. The van der Waals surface area contributed by atoms with E-state index in [-0.39, 0.29) is 34.5 Å². The molecular weight excluding hydrogens is 606 g/mol. The molecule has 1 aliphatic rings. The van der Waals surface area contributed by atoms with E-state index in [2.05, 4.69) is 15.5 Å². The summed E-state index contributed by atoms with van der Waals surface area (Å²) in [5.41, 5.74) is -7.32. The SMILES string of the molecule is C/C=C/C(F)(F)[C@@]1(c2cc(C(F)(F)F)cc(C(F)F)n2)CC(c2ccc(C(=O)NCC(=O)NCC(F)(F)F)c(C)c2)=NO1. The van der Waals surface area contributed by atoms with Crippen molar-refractivity contribution in [3.05, 3.63) is 76.1 Å². The van der Waals surface area contributed by atoms with Gasteiger partial charge in [0.15, 0.2) is 0 Å². The van der Waals surface area contributed by atoms with Gasteiger partial charge in [-0.15, -0.1) is 0 Å². The van der Waals surface area contributed by atoms with Crippen molar-refractivity contribution in [3.8, 4) is 0 Å². The third kappa shape index (κ3) is 7.62. The summed E-state index contributed by atoms with van der Waals surface area (Å²) < 4.78 is 135. The minimum Gasteiger partial charge on any atom is -0.375 e. The molecular formula is C26H22F10N4O3. The second kappa shape index (κ2) is 12.2. The average molecular weight is 628 g/mol. The Bertz CT molecular complexity index is 1440. The van der Waals surface area contributed by atoms with Crippen molar-refractivity contribution in [2.24, 2.45) is 5.16 Å². The van der Waals surface area contributed by atoms with E-state index in [1.54, 1.807) is 5.32 Å². The van der Waals surface area contributed by atoms with Gasteiger partial charge in [0.25, 0.3) is 17.9 Å². The highest BCUT2D eigenvalue weighted by atomic mass is 19.4. The summed E-state index contributed by atoms with van der Waals surface area (Å²) in [5, 5.41) is 7.31. The first kappa shape index (κ1) is 33.3. The molecule has 1 aromatic carbocycles. The van der Waals surface area contributed by atoms with Gasteiger partial charge in [0, 0.05) is 12.0 Å². The number of hydrogen-bond donors (Lipinski definition) is 2. The van der Waals surface area contributed by atoms with Crippen LogP contribution in [0, 0.1) is 6.92 Å². The van der Waals surface area contributed by atoms with Gasteiger partial charge in [-0.05, 0) is 55.3 Å². The number of carbonyl (C=O) groups is 2. The number of halogens is 10. The molecule has 1 aromatic heterocycles. The van der Waals surface area contributed by atoms with Crippen LogP contribution in [0.2, 0.25) is 0 Å². The molecule has 2 amide bonds. The summed E-state index contributed by atoms with van der Waals surface area (Å²) in [6.07, 6.45) is -13.1. The van der Waals surface area contributed by atoms with Crippen LogP contribution in [0.5, 0.6) is 0 Å². The second-order valence-electron chi connectivity index (χ2n) is 9.32. The normalized spacial score (nSPS) is 17.7. The number of aryl methyl sites for hydroxylation is 1. The van der Waals surface area contributed by atoms with Crippen LogP contribution >= 0.6 is 0 Å². The number of nitrogens with zero attached hydrogens (tertiary/aromatic N) is 2. The van der Waals surface area contributed by atoms with Crippen LogP contribution in [-0.4, -0.2) is 47.7 Å². The molecule has 1 aliphatic heterocycles. The highest BCUT2D eigenvalue weighted by Crippen LogP contribution is 2.49. The smallest absolute Gasteiger partial charge is 0.375 e. The van der Waals surface area contributed by atoms with Gasteiger partial charge in [-0.1, -0.05) is 17.3 Å². The molecule has 7 nitrogen and oxygen atoms in total. The highest BCUT2D eigenvalue weighted by Gasteiger charge is 2.61. The van der Waals surface area contributed by atoms with E-state index in [4.69, 9.17) is 4.84 Å². The predicted octanol–water partition coefficient (Wildman–Crippen LogP) is 5.99. The molecule has 234 valence electrons. The van der Waals surface area contributed by atoms with E-state index in [1.807, 2.05) is 0 Å². The Kier molecular flexibility index (Phi) is 9.46. The van der Waals surface area contributed by atoms with Crippen LogP contribution in [0.3, 0.4) is 0 Å². The predicted molar refractivity (Wildman–Crippen MR) is 130 cm³/mol. The number of benzene rings is 1. The molecule has 2 heterocycles. The Labute approximate surface area is 237 Å². The number of oxime groups is 1. The Morgan fingerprint density at radius 1 is 1.05 bits per heavy atom. The molecule has 2 aromatic rings. The number of allylic oxidation sites excluding steroid dienone is 1. The van der Waals surface area contributed by atoms with E-state index in [9.17, 15) is 44.7 Å². The topological polar surface area (TPSA) is 92.7 Å². The first-order valence-electron chi connectivity index (χ1n) is 12.2. The maximum atomic E-state index is 15.5. The highest BCUT2D eigenvalue weighted by molar-refractivity contribution is 6.04. The number of hydrogen-bond acceptors (Lipinski definition) is 5. The zero-order valence-electron chi connectivity index (χ0n) is 22.1. The minimum atomic E-state index is -5.19. The van der Waals surface area contributed by atoms with E-state index >= 15 is 8.78 Å².